The van der Waals surface area contributed by atoms with Gasteiger partial charge in [-0.05, 0) is 18.1 Å². The predicted octanol–water partition coefficient (Wildman–Crippen LogP) is 4.19. The number of halogens is 2. The van der Waals surface area contributed by atoms with Crippen molar-refractivity contribution in [1.82, 2.24) is 9.55 Å². The summed E-state index contributed by atoms with van der Waals surface area (Å²) in [7, 11) is 0. The van der Waals surface area contributed by atoms with Crippen molar-refractivity contribution < 1.29 is 8.78 Å². The summed E-state index contributed by atoms with van der Waals surface area (Å²) in [4.78, 5) is 4.52. The number of nitrogens with two attached hydrogens (primary N) is 1. The monoisotopic (exact) mass is 293 g/mol. The highest BCUT2D eigenvalue weighted by molar-refractivity contribution is 5.71. The first-order valence-electron chi connectivity index (χ1n) is 7.12. The second-order valence-electron chi connectivity index (χ2n) is 6.02. The number of anilines is 1. The highest BCUT2D eigenvalue weighted by Crippen LogP contribution is 2.31. The van der Waals surface area contributed by atoms with E-state index in [1.165, 1.54) is 12.1 Å². The third-order valence-electron chi connectivity index (χ3n) is 3.24. The Balaban J connectivity index is 2.59. The van der Waals surface area contributed by atoms with Gasteiger partial charge < -0.3 is 10.3 Å². The Morgan fingerprint density at radius 1 is 1.10 bits per heavy atom. The lowest BCUT2D eigenvalue weighted by molar-refractivity contribution is 0.502. The molecule has 5 heteroatoms. The van der Waals surface area contributed by atoms with Crippen molar-refractivity contribution in [3.63, 3.8) is 0 Å². The van der Waals surface area contributed by atoms with E-state index in [2.05, 4.69) is 18.8 Å². The van der Waals surface area contributed by atoms with Gasteiger partial charge in [0.25, 0.3) is 0 Å². The van der Waals surface area contributed by atoms with Crippen molar-refractivity contribution in [2.75, 3.05) is 5.73 Å². The highest BCUT2D eigenvalue weighted by atomic mass is 19.1. The standard InChI is InChI=1S/C16H21F2N3/c1-9(2)8-21-15(19)14(20-16(21)10(3)4)11-5-12(17)7-13(18)6-11/h5-7,9-10H,8,19H2,1-4H3. The predicted molar refractivity (Wildman–Crippen MR) is 80.9 cm³/mol. The van der Waals surface area contributed by atoms with E-state index in [0.29, 0.717) is 23.0 Å². The summed E-state index contributed by atoms with van der Waals surface area (Å²) in [5.74, 6) is 0.607. The Morgan fingerprint density at radius 2 is 1.67 bits per heavy atom. The number of rotatable bonds is 4. The molecule has 2 aromatic rings. The maximum Gasteiger partial charge on any atom is 0.131 e. The summed E-state index contributed by atoms with van der Waals surface area (Å²) in [5.41, 5.74) is 6.99. The minimum absolute atomic E-state index is 0.179. The Hall–Kier alpha value is -1.91. The minimum atomic E-state index is -0.631. The van der Waals surface area contributed by atoms with Gasteiger partial charge in [0.2, 0.25) is 0 Å². The van der Waals surface area contributed by atoms with E-state index in [0.717, 1.165) is 18.4 Å². The Bertz CT molecular complexity index is 625. The average Bonchev–Trinajstić information content (AvgIpc) is 2.65. The molecule has 0 unspecified atom stereocenters. The van der Waals surface area contributed by atoms with Crippen LogP contribution in [0.5, 0.6) is 0 Å². The van der Waals surface area contributed by atoms with Crippen LogP contribution in [0, 0.1) is 17.6 Å². The van der Waals surface area contributed by atoms with Crippen LogP contribution < -0.4 is 5.73 Å². The van der Waals surface area contributed by atoms with Crippen LogP contribution in [0.3, 0.4) is 0 Å². The summed E-state index contributed by atoms with van der Waals surface area (Å²) in [6, 6.07) is 3.35. The lowest BCUT2D eigenvalue weighted by atomic mass is 10.1. The SMILES string of the molecule is CC(C)Cn1c(C(C)C)nc(-c2cc(F)cc(F)c2)c1N. The maximum absolute atomic E-state index is 13.4. The van der Waals surface area contributed by atoms with Crippen molar-refractivity contribution in [2.24, 2.45) is 5.92 Å². The largest absolute Gasteiger partial charge is 0.383 e. The lowest BCUT2D eigenvalue weighted by Gasteiger charge is -2.14. The molecule has 0 aliphatic carbocycles. The molecule has 0 amide bonds. The van der Waals surface area contributed by atoms with Crippen molar-refractivity contribution in [2.45, 2.75) is 40.2 Å². The average molecular weight is 293 g/mol. The Kier molecular flexibility index (Phi) is 4.30. The number of nitrogens with zero attached hydrogens (tertiary/aromatic N) is 2. The van der Waals surface area contributed by atoms with Gasteiger partial charge in [-0.1, -0.05) is 27.7 Å². The van der Waals surface area contributed by atoms with Crippen molar-refractivity contribution >= 4 is 5.82 Å². The first kappa shape index (κ1) is 15.5. The lowest BCUT2D eigenvalue weighted by Crippen LogP contribution is -2.12. The third-order valence-corrected chi connectivity index (χ3v) is 3.24. The van der Waals surface area contributed by atoms with E-state index in [1.807, 2.05) is 18.4 Å². The summed E-state index contributed by atoms with van der Waals surface area (Å²) in [5, 5.41) is 0. The zero-order valence-electron chi connectivity index (χ0n) is 12.8. The summed E-state index contributed by atoms with van der Waals surface area (Å²) in [6.45, 7) is 8.95. The van der Waals surface area contributed by atoms with Gasteiger partial charge in [-0.3, -0.25) is 0 Å². The van der Waals surface area contributed by atoms with Crippen LogP contribution in [0.1, 0.15) is 39.4 Å². The fourth-order valence-corrected chi connectivity index (χ4v) is 2.38. The van der Waals surface area contributed by atoms with Crippen LogP contribution in [-0.4, -0.2) is 9.55 Å². The zero-order valence-corrected chi connectivity index (χ0v) is 12.8. The van der Waals surface area contributed by atoms with Gasteiger partial charge in [0.05, 0.1) is 0 Å². The molecule has 0 bridgehead atoms. The number of aromatic nitrogens is 2. The van der Waals surface area contributed by atoms with Crippen molar-refractivity contribution in [1.29, 1.82) is 0 Å². The molecule has 21 heavy (non-hydrogen) atoms. The number of benzene rings is 1. The van der Waals surface area contributed by atoms with Crippen molar-refractivity contribution in [3.8, 4) is 11.3 Å². The topological polar surface area (TPSA) is 43.8 Å². The van der Waals surface area contributed by atoms with Gasteiger partial charge in [0.15, 0.2) is 0 Å². The first-order chi connectivity index (χ1) is 9.79. The summed E-state index contributed by atoms with van der Waals surface area (Å²) >= 11 is 0. The van der Waals surface area contributed by atoms with E-state index in [-0.39, 0.29) is 5.92 Å². The first-order valence-corrected chi connectivity index (χ1v) is 7.12. The minimum Gasteiger partial charge on any atom is -0.383 e. The van der Waals surface area contributed by atoms with Crippen LogP contribution in [0.15, 0.2) is 18.2 Å². The smallest absolute Gasteiger partial charge is 0.131 e. The Morgan fingerprint density at radius 3 is 2.14 bits per heavy atom. The fraction of sp³-hybridized carbons (Fsp3) is 0.438. The second kappa shape index (κ2) is 5.84. The van der Waals surface area contributed by atoms with E-state index in [1.54, 1.807) is 0 Å². The molecule has 114 valence electrons. The number of nitrogen functional groups attached to an aromatic ring is 1. The molecule has 0 spiro atoms. The van der Waals surface area contributed by atoms with Crippen LogP contribution in [0.25, 0.3) is 11.3 Å². The third kappa shape index (κ3) is 3.23. The van der Waals surface area contributed by atoms with Crippen molar-refractivity contribution in [3.05, 3.63) is 35.7 Å². The summed E-state index contributed by atoms with van der Waals surface area (Å²) in [6.07, 6.45) is 0. The number of imidazole rings is 1. The normalized spacial score (nSPS) is 11.6. The molecule has 1 aromatic carbocycles. The molecule has 0 saturated heterocycles. The van der Waals surface area contributed by atoms with Crippen LogP contribution >= 0.6 is 0 Å². The second-order valence-corrected chi connectivity index (χ2v) is 6.02. The maximum atomic E-state index is 13.4. The van der Waals surface area contributed by atoms with Gasteiger partial charge in [-0.15, -0.1) is 0 Å². The zero-order chi connectivity index (χ0) is 15.7. The summed E-state index contributed by atoms with van der Waals surface area (Å²) < 4.78 is 28.7. The van der Waals surface area contributed by atoms with E-state index >= 15 is 0 Å². The highest BCUT2D eigenvalue weighted by Gasteiger charge is 2.19. The molecule has 0 saturated carbocycles. The molecule has 0 fully saturated rings. The van der Waals surface area contributed by atoms with Gasteiger partial charge >= 0.3 is 0 Å². The quantitative estimate of drug-likeness (QED) is 0.918. The van der Waals surface area contributed by atoms with Gasteiger partial charge in [-0.2, -0.15) is 0 Å². The molecule has 2 N–H and O–H groups in total. The molecular weight excluding hydrogens is 272 g/mol. The van der Waals surface area contributed by atoms with Crippen LogP contribution in [0.2, 0.25) is 0 Å². The molecule has 0 aliphatic heterocycles. The fourth-order valence-electron chi connectivity index (χ4n) is 2.38. The van der Waals surface area contributed by atoms with Gasteiger partial charge in [-0.25, -0.2) is 13.8 Å². The van der Waals surface area contributed by atoms with E-state index in [9.17, 15) is 8.78 Å². The molecular formula is C16H21F2N3. The van der Waals surface area contributed by atoms with E-state index < -0.39 is 11.6 Å². The molecule has 1 heterocycles. The molecule has 0 radical (unpaired) electrons. The van der Waals surface area contributed by atoms with E-state index in [4.69, 9.17) is 5.73 Å². The molecule has 1 aromatic heterocycles. The molecule has 3 nitrogen and oxygen atoms in total. The number of hydrogen-bond donors (Lipinski definition) is 1. The number of hydrogen-bond acceptors (Lipinski definition) is 2. The molecule has 0 aliphatic rings. The molecule has 0 atom stereocenters. The van der Waals surface area contributed by atoms with Gasteiger partial charge in [0.1, 0.15) is 29.0 Å². The van der Waals surface area contributed by atoms with Crippen LogP contribution in [0.4, 0.5) is 14.6 Å². The van der Waals surface area contributed by atoms with Crippen LogP contribution in [-0.2, 0) is 6.54 Å². The molecule has 2 rings (SSSR count). The van der Waals surface area contributed by atoms with Gasteiger partial charge in [0, 0.05) is 24.1 Å². The Labute approximate surface area is 123 Å².